The van der Waals surface area contributed by atoms with Crippen LogP contribution in [0, 0.1) is 5.82 Å². The lowest BCUT2D eigenvalue weighted by Gasteiger charge is -2.34. The Balaban J connectivity index is 3.04. The minimum absolute atomic E-state index is 0.0536. The van der Waals surface area contributed by atoms with Crippen LogP contribution in [0.25, 0.3) is 0 Å². The summed E-state index contributed by atoms with van der Waals surface area (Å²) in [6.07, 6.45) is 0. The Morgan fingerprint density at radius 1 is 1.50 bits per heavy atom. The molecular formula is C13H17ClFNO2. The van der Waals surface area contributed by atoms with Crippen LogP contribution in [0.2, 0.25) is 0 Å². The Hall–Kier alpha value is -1.29. The van der Waals surface area contributed by atoms with E-state index < -0.39 is 11.4 Å². The molecule has 1 aromatic rings. The Morgan fingerprint density at radius 2 is 2.11 bits per heavy atom. The molecule has 1 rings (SSSR count). The van der Waals surface area contributed by atoms with E-state index in [-0.39, 0.29) is 11.7 Å². The average molecular weight is 274 g/mol. The summed E-state index contributed by atoms with van der Waals surface area (Å²) < 4.78 is 18.1. The molecule has 0 bridgehead atoms. The molecule has 0 aliphatic rings. The molecule has 5 heteroatoms. The smallest absolute Gasteiger partial charge is 0.254 e. The lowest BCUT2D eigenvalue weighted by molar-refractivity contribution is 0.0660. The van der Waals surface area contributed by atoms with E-state index in [1.165, 1.54) is 30.2 Å². The van der Waals surface area contributed by atoms with Crippen LogP contribution in [-0.4, -0.2) is 36.4 Å². The number of carbonyl (C=O) groups is 1. The van der Waals surface area contributed by atoms with E-state index in [2.05, 4.69) is 0 Å². The molecule has 0 aliphatic heterocycles. The highest BCUT2D eigenvalue weighted by molar-refractivity contribution is 6.18. The number of amides is 1. The molecule has 0 N–H and O–H groups in total. The van der Waals surface area contributed by atoms with Crippen molar-refractivity contribution in [1.29, 1.82) is 0 Å². The predicted octanol–water partition coefficient (Wildman–Crippen LogP) is 2.92. The molecule has 0 fully saturated rings. The van der Waals surface area contributed by atoms with E-state index in [1.54, 1.807) is 7.05 Å². The zero-order valence-corrected chi connectivity index (χ0v) is 11.7. The second-order valence-electron chi connectivity index (χ2n) is 4.66. The van der Waals surface area contributed by atoms with Crippen molar-refractivity contribution in [3.05, 3.63) is 29.6 Å². The van der Waals surface area contributed by atoms with E-state index in [4.69, 9.17) is 16.3 Å². The largest absolute Gasteiger partial charge is 0.494 e. The number of halogens is 2. The third-order valence-corrected chi connectivity index (χ3v) is 3.59. The number of nitrogens with zero attached hydrogens (tertiary/aromatic N) is 1. The number of hydrogen-bond donors (Lipinski definition) is 0. The first-order valence-corrected chi connectivity index (χ1v) is 6.04. The molecule has 0 aliphatic carbocycles. The summed E-state index contributed by atoms with van der Waals surface area (Å²) in [5.74, 6) is -0.349. The average Bonchev–Trinajstić information content (AvgIpc) is 2.37. The van der Waals surface area contributed by atoms with E-state index in [0.717, 1.165) is 0 Å². The molecule has 18 heavy (non-hydrogen) atoms. The maximum Gasteiger partial charge on any atom is 0.254 e. The SMILES string of the molecule is COc1cc(C(=O)N(C)C(C)(C)CCl)ccc1F. The molecule has 0 aromatic heterocycles. The third-order valence-electron chi connectivity index (χ3n) is 2.94. The van der Waals surface area contributed by atoms with Crippen molar-refractivity contribution >= 4 is 17.5 Å². The van der Waals surface area contributed by atoms with Gasteiger partial charge in [-0.15, -0.1) is 11.6 Å². The topological polar surface area (TPSA) is 29.5 Å². The van der Waals surface area contributed by atoms with Gasteiger partial charge in [0.1, 0.15) is 0 Å². The first-order valence-electron chi connectivity index (χ1n) is 5.51. The Bertz CT molecular complexity index is 449. The van der Waals surface area contributed by atoms with Gasteiger partial charge in [-0.2, -0.15) is 0 Å². The van der Waals surface area contributed by atoms with Gasteiger partial charge in [-0.25, -0.2) is 4.39 Å². The molecule has 0 saturated carbocycles. The number of benzene rings is 1. The summed E-state index contributed by atoms with van der Waals surface area (Å²) in [6, 6.07) is 4.03. The minimum atomic E-state index is -0.492. The fourth-order valence-corrected chi connectivity index (χ4v) is 1.53. The molecule has 0 atom stereocenters. The van der Waals surface area contributed by atoms with Gasteiger partial charge in [0.25, 0.3) is 5.91 Å². The number of ether oxygens (including phenoxy) is 1. The van der Waals surface area contributed by atoms with Crippen molar-refractivity contribution in [3.8, 4) is 5.75 Å². The van der Waals surface area contributed by atoms with Crippen molar-refractivity contribution in [2.45, 2.75) is 19.4 Å². The van der Waals surface area contributed by atoms with Crippen molar-refractivity contribution in [1.82, 2.24) is 4.90 Å². The van der Waals surface area contributed by atoms with Crippen LogP contribution in [0.3, 0.4) is 0 Å². The number of rotatable bonds is 4. The van der Waals surface area contributed by atoms with Crippen molar-refractivity contribution < 1.29 is 13.9 Å². The third kappa shape index (κ3) is 2.93. The zero-order chi connectivity index (χ0) is 13.9. The fraction of sp³-hybridized carbons (Fsp3) is 0.462. The van der Waals surface area contributed by atoms with Crippen molar-refractivity contribution in [3.63, 3.8) is 0 Å². The molecule has 0 saturated heterocycles. The highest BCUT2D eigenvalue weighted by Gasteiger charge is 2.27. The van der Waals surface area contributed by atoms with Gasteiger partial charge in [0, 0.05) is 18.5 Å². The number of hydrogen-bond acceptors (Lipinski definition) is 2. The van der Waals surface area contributed by atoms with Gasteiger partial charge in [0.2, 0.25) is 0 Å². The minimum Gasteiger partial charge on any atom is -0.494 e. The van der Waals surface area contributed by atoms with Crippen LogP contribution in [0.4, 0.5) is 4.39 Å². The monoisotopic (exact) mass is 273 g/mol. The summed E-state index contributed by atoms with van der Waals surface area (Å²) in [5, 5.41) is 0. The standard InChI is InChI=1S/C13H17ClFNO2/c1-13(2,8-14)16(3)12(17)9-5-6-10(15)11(7-9)18-4/h5-7H,8H2,1-4H3. The van der Waals surface area contributed by atoms with Gasteiger partial charge in [0.05, 0.1) is 12.6 Å². The van der Waals surface area contributed by atoms with Crippen LogP contribution in [0.1, 0.15) is 24.2 Å². The second kappa shape index (κ2) is 5.57. The Labute approximate surface area is 111 Å². The predicted molar refractivity (Wildman–Crippen MR) is 69.8 cm³/mol. The van der Waals surface area contributed by atoms with Gasteiger partial charge in [-0.05, 0) is 32.0 Å². The van der Waals surface area contributed by atoms with E-state index in [1.807, 2.05) is 13.8 Å². The summed E-state index contributed by atoms with van der Waals surface area (Å²) in [4.78, 5) is 13.8. The number of alkyl halides is 1. The normalized spacial score (nSPS) is 11.2. The lowest BCUT2D eigenvalue weighted by Crippen LogP contribution is -2.46. The van der Waals surface area contributed by atoms with Crippen LogP contribution in [0.15, 0.2) is 18.2 Å². The van der Waals surface area contributed by atoms with E-state index in [9.17, 15) is 9.18 Å². The van der Waals surface area contributed by atoms with Gasteiger partial charge < -0.3 is 9.64 Å². The van der Waals surface area contributed by atoms with Gasteiger partial charge in [-0.1, -0.05) is 0 Å². The maximum atomic E-state index is 13.3. The van der Waals surface area contributed by atoms with Crippen LogP contribution < -0.4 is 4.74 Å². The molecule has 3 nitrogen and oxygen atoms in total. The molecular weight excluding hydrogens is 257 g/mol. The first-order chi connectivity index (χ1) is 8.33. The number of methoxy groups -OCH3 is 1. The van der Waals surface area contributed by atoms with Crippen LogP contribution >= 0.6 is 11.6 Å². The molecule has 0 spiro atoms. The van der Waals surface area contributed by atoms with Crippen LogP contribution in [0.5, 0.6) is 5.75 Å². The first kappa shape index (κ1) is 14.8. The number of carbonyl (C=O) groups excluding carboxylic acids is 1. The quantitative estimate of drug-likeness (QED) is 0.790. The molecule has 1 aromatic carbocycles. The van der Waals surface area contributed by atoms with Gasteiger partial charge >= 0.3 is 0 Å². The summed E-state index contributed by atoms with van der Waals surface area (Å²) >= 11 is 5.82. The molecule has 0 unspecified atom stereocenters. The second-order valence-corrected chi connectivity index (χ2v) is 4.93. The zero-order valence-electron chi connectivity index (χ0n) is 11.0. The fourth-order valence-electron chi connectivity index (χ4n) is 1.35. The summed E-state index contributed by atoms with van der Waals surface area (Å²) in [5.41, 5.74) is -0.103. The van der Waals surface area contributed by atoms with Crippen LogP contribution in [-0.2, 0) is 0 Å². The highest BCUT2D eigenvalue weighted by Crippen LogP contribution is 2.22. The molecule has 0 heterocycles. The van der Waals surface area contributed by atoms with Gasteiger partial charge in [0.15, 0.2) is 11.6 Å². The highest BCUT2D eigenvalue weighted by atomic mass is 35.5. The van der Waals surface area contributed by atoms with E-state index >= 15 is 0 Å². The van der Waals surface area contributed by atoms with E-state index in [0.29, 0.717) is 11.4 Å². The lowest BCUT2D eigenvalue weighted by atomic mass is 10.0. The molecule has 0 radical (unpaired) electrons. The molecule has 100 valence electrons. The summed E-state index contributed by atoms with van der Waals surface area (Å²) in [7, 11) is 3.03. The van der Waals surface area contributed by atoms with Crippen molar-refractivity contribution in [2.24, 2.45) is 0 Å². The Morgan fingerprint density at radius 3 is 2.61 bits per heavy atom. The summed E-state index contributed by atoms with van der Waals surface area (Å²) in [6.45, 7) is 3.72. The van der Waals surface area contributed by atoms with Gasteiger partial charge in [-0.3, -0.25) is 4.79 Å². The van der Waals surface area contributed by atoms with Crippen molar-refractivity contribution in [2.75, 3.05) is 20.0 Å². The maximum absolute atomic E-state index is 13.3. The molecule has 1 amide bonds. The Kier molecular flexibility index (Phi) is 4.57.